The summed E-state index contributed by atoms with van der Waals surface area (Å²) in [4.78, 5) is 10.5. The van der Waals surface area contributed by atoms with E-state index in [-0.39, 0.29) is 6.04 Å². The lowest BCUT2D eigenvalue weighted by Crippen LogP contribution is -2.43. The molecule has 0 saturated heterocycles. The van der Waals surface area contributed by atoms with Gasteiger partial charge in [-0.05, 0) is 12.8 Å². The highest BCUT2D eigenvalue weighted by molar-refractivity contribution is 5.81. The molecular weight excluding hydrogens is 207 g/mol. The molecule has 0 bridgehead atoms. The highest BCUT2D eigenvalue weighted by Crippen LogP contribution is 2.20. The van der Waals surface area contributed by atoms with Gasteiger partial charge in [-0.25, -0.2) is 0 Å². The van der Waals surface area contributed by atoms with Gasteiger partial charge in [-0.2, -0.15) is 13.2 Å². The third-order valence-electron chi connectivity index (χ3n) is 2.20. The second kappa shape index (κ2) is 6.69. The van der Waals surface area contributed by atoms with Crippen molar-refractivity contribution in [3.8, 4) is 0 Å². The Bertz CT molecular complexity index is 186. The maximum atomic E-state index is 11.8. The standard InChI is InChI=1S/C8H12F3NO.C2H6/c9-8(10,11)7(13)12-6-4-2-1-3-5-6;1-2/h6H,1-5H2,(H,12,13);1-2H3. The van der Waals surface area contributed by atoms with Crippen LogP contribution in [-0.4, -0.2) is 18.1 Å². The van der Waals surface area contributed by atoms with Gasteiger partial charge in [-0.15, -0.1) is 0 Å². The molecule has 0 aliphatic heterocycles. The van der Waals surface area contributed by atoms with E-state index < -0.39 is 12.1 Å². The Labute approximate surface area is 88.2 Å². The van der Waals surface area contributed by atoms with Crippen molar-refractivity contribution in [2.24, 2.45) is 0 Å². The van der Waals surface area contributed by atoms with Crippen LogP contribution in [0.3, 0.4) is 0 Å². The fraction of sp³-hybridized carbons (Fsp3) is 0.900. The lowest BCUT2D eigenvalue weighted by molar-refractivity contribution is -0.174. The van der Waals surface area contributed by atoms with Gasteiger partial charge in [0.2, 0.25) is 0 Å². The fourth-order valence-electron chi connectivity index (χ4n) is 1.51. The molecular formula is C10H18F3NO. The summed E-state index contributed by atoms with van der Waals surface area (Å²) >= 11 is 0. The molecule has 90 valence electrons. The first-order valence-corrected chi connectivity index (χ1v) is 5.38. The molecule has 0 heterocycles. The number of hydrogen-bond acceptors (Lipinski definition) is 1. The van der Waals surface area contributed by atoms with Gasteiger partial charge in [0.15, 0.2) is 0 Å². The molecule has 0 aromatic rings. The molecule has 1 saturated carbocycles. The number of rotatable bonds is 1. The van der Waals surface area contributed by atoms with Crippen LogP contribution in [0.2, 0.25) is 0 Å². The zero-order valence-corrected chi connectivity index (χ0v) is 9.16. The van der Waals surface area contributed by atoms with Crippen LogP contribution in [0.1, 0.15) is 46.0 Å². The second-order valence-corrected chi connectivity index (χ2v) is 3.31. The van der Waals surface area contributed by atoms with E-state index >= 15 is 0 Å². The van der Waals surface area contributed by atoms with Crippen LogP contribution in [0, 0.1) is 0 Å². The molecule has 2 nitrogen and oxygen atoms in total. The van der Waals surface area contributed by atoms with E-state index in [1.54, 1.807) is 0 Å². The third-order valence-corrected chi connectivity index (χ3v) is 2.20. The minimum Gasteiger partial charge on any atom is -0.346 e. The average molecular weight is 225 g/mol. The molecule has 1 aliphatic carbocycles. The van der Waals surface area contributed by atoms with Gasteiger partial charge in [0.25, 0.3) is 0 Å². The van der Waals surface area contributed by atoms with E-state index in [0.29, 0.717) is 12.8 Å². The van der Waals surface area contributed by atoms with Gasteiger partial charge in [0.1, 0.15) is 0 Å². The predicted molar refractivity (Wildman–Crippen MR) is 52.4 cm³/mol. The van der Waals surface area contributed by atoms with E-state index in [0.717, 1.165) is 19.3 Å². The number of carbonyl (C=O) groups excluding carboxylic acids is 1. The summed E-state index contributed by atoms with van der Waals surface area (Å²) in [6, 6.07) is -0.275. The predicted octanol–water partition coefficient (Wildman–Crippen LogP) is 3.02. The maximum Gasteiger partial charge on any atom is 0.471 e. The topological polar surface area (TPSA) is 29.1 Å². The molecule has 1 amide bonds. The maximum absolute atomic E-state index is 11.8. The van der Waals surface area contributed by atoms with Gasteiger partial charge >= 0.3 is 12.1 Å². The first-order chi connectivity index (χ1) is 7.00. The summed E-state index contributed by atoms with van der Waals surface area (Å²) < 4.78 is 35.4. The van der Waals surface area contributed by atoms with Crippen LogP contribution < -0.4 is 5.32 Å². The Morgan fingerprint density at radius 3 is 2.00 bits per heavy atom. The normalized spacial score (nSPS) is 17.7. The fourth-order valence-corrected chi connectivity index (χ4v) is 1.51. The summed E-state index contributed by atoms with van der Waals surface area (Å²) in [5.41, 5.74) is 0. The highest BCUT2D eigenvalue weighted by Gasteiger charge is 2.39. The van der Waals surface area contributed by atoms with Crippen molar-refractivity contribution < 1.29 is 18.0 Å². The summed E-state index contributed by atoms with van der Waals surface area (Å²) in [6.45, 7) is 4.00. The van der Waals surface area contributed by atoms with Gasteiger partial charge in [-0.3, -0.25) is 4.79 Å². The van der Waals surface area contributed by atoms with Gasteiger partial charge in [0.05, 0.1) is 0 Å². The van der Waals surface area contributed by atoms with E-state index in [1.807, 2.05) is 19.2 Å². The van der Waals surface area contributed by atoms with Gasteiger partial charge in [0, 0.05) is 6.04 Å². The summed E-state index contributed by atoms with van der Waals surface area (Å²) in [6.07, 6.45) is -0.537. The summed E-state index contributed by atoms with van der Waals surface area (Å²) in [7, 11) is 0. The molecule has 15 heavy (non-hydrogen) atoms. The van der Waals surface area contributed by atoms with Crippen LogP contribution in [0.15, 0.2) is 0 Å². The zero-order chi connectivity index (χ0) is 11.9. The number of nitrogens with one attached hydrogen (secondary N) is 1. The molecule has 1 aliphatic rings. The monoisotopic (exact) mass is 225 g/mol. The van der Waals surface area contributed by atoms with E-state index in [4.69, 9.17) is 0 Å². The molecule has 1 N–H and O–H groups in total. The number of alkyl halides is 3. The van der Waals surface area contributed by atoms with E-state index in [2.05, 4.69) is 0 Å². The SMILES string of the molecule is CC.O=C(NC1CCCCC1)C(F)(F)F. The Kier molecular flexibility index (Phi) is 6.36. The summed E-state index contributed by atoms with van der Waals surface area (Å²) in [5, 5.41) is 1.99. The minimum atomic E-state index is -4.74. The van der Waals surface area contributed by atoms with Crippen LogP contribution in [0.5, 0.6) is 0 Å². The van der Waals surface area contributed by atoms with Crippen molar-refractivity contribution in [3.05, 3.63) is 0 Å². The zero-order valence-electron chi connectivity index (χ0n) is 9.16. The second-order valence-electron chi connectivity index (χ2n) is 3.31. The largest absolute Gasteiger partial charge is 0.471 e. The molecule has 1 fully saturated rings. The minimum absolute atomic E-state index is 0.275. The van der Waals surface area contributed by atoms with Crippen molar-refractivity contribution in [2.45, 2.75) is 58.2 Å². The molecule has 1 rings (SSSR count). The van der Waals surface area contributed by atoms with Gasteiger partial charge in [-0.1, -0.05) is 33.1 Å². The van der Waals surface area contributed by atoms with Crippen LogP contribution >= 0.6 is 0 Å². The van der Waals surface area contributed by atoms with Crippen molar-refractivity contribution in [2.75, 3.05) is 0 Å². The van der Waals surface area contributed by atoms with Crippen molar-refractivity contribution in [1.29, 1.82) is 0 Å². The van der Waals surface area contributed by atoms with Crippen LogP contribution in [0.4, 0.5) is 13.2 Å². The molecule has 0 aromatic carbocycles. The van der Waals surface area contributed by atoms with Crippen molar-refractivity contribution >= 4 is 5.91 Å². The average Bonchev–Trinajstić information content (AvgIpc) is 2.21. The van der Waals surface area contributed by atoms with E-state index in [9.17, 15) is 18.0 Å². The Balaban J connectivity index is 0.000000921. The number of amides is 1. The smallest absolute Gasteiger partial charge is 0.346 e. The van der Waals surface area contributed by atoms with E-state index in [1.165, 1.54) is 0 Å². The molecule has 0 unspecified atom stereocenters. The first kappa shape index (κ1) is 14.3. The summed E-state index contributed by atoms with van der Waals surface area (Å²) in [5.74, 6) is -1.81. The Hall–Kier alpha value is -0.740. The number of carbonyl (C=O) groups is 1. The van der Waals surface area contributed by atoms with Gasteiger partial charge < -0.3 is 5.32 Å². The third kappa shape index (κ3) is 5.64. The van der Waals surface area contributed by atoms with Crippen LogP contribution in [0.25, 0.3) is 0 Å². The quantitative estimate of drug-likeness (QED) is 0.730. The molecule has 0 aromatic heterocycles. The first-order valence-electron chi connectivity index (χ1n) is 5.38. The Morgan fingerprint density at radius 1 is 1.13 bits per heavy atom. The highest BCUT2D eigenvalue weighted by atomic mass is 19.4. The lowest BCUT2D eigenvalue weighted by atomic mass is 9.95. The van der Waals surface area contributed by atoms with Crippen molar-refractivity contribution in [1.82, 2.24) is 5.32 Å². The molecule has 0 radical (unpaired) electrons. The molecule has 0 spiro atoms. The van der Waals surface area contributed by atoms with Crippen LogP contribution in [-0.2, 0) is 4.79 Å². The Morgan fingerprint density at radius 2 is 1.60 bits per heavy atom. The number of halogens is 3. The number of hydrogen-bond donors (Lipinski definition) is 1. The van der Waals surface area contributed by atoms with Crippen molar-refractivity contribution in [3.63, 3.8) is 0 Å². The molecule has 5 heteroatoms. The molecule has 0 atom stereocenters. The lowest BCUT2D eigenvalue weighted by Gasteiger charge is -2.23.